The molecule has 3 aliphatic heterocycles. The fraction of sp³-hybridized carbons (Fsp3) is 0.524. The largest absolute Gasteiger partial charge is 0.370 e. The van der Waals surface area contributed by atoms with E-state index >= 15 is 0 Å². The van der Waals surface area contributed by atoms with Crippen LogP contribution in [-0.2, 0) is 27.2 Å². The molecule has 15 heteroatoms. The molecule has 4 amide bonds. The number of nitrogens with one attached hydrogen (secondary N) is 4. The Morgan fingerprint density at radius 2 is 1.77 bits per heavy atom. The van der Waals surface area contributed by atoms with Gasteiger partial charge in [0.15, 0.2) is 0 Å². The SMILES string of the molecule is CN(C(=O)CC1CCN(CC2CCN(c3ccc(C(=O)N[C@@H]4CCC(=O)NC4=O)nc3)CC2)CC1)c1ccc2cc(-c3n[nH]c4c3C[C@@H]3C(F)(F)[C@]3(C)C4)[nH]c2c1. The number of benzene rings is 1. The van der Waals surface area contributed by atoms with Crippen LogP contribution in [0.2, 0.25) is 0 Å². The number of pyridine rings is 1. The summed E-state index contributed by atoms with van der Waals surface area (Å²) in [5.41, 5.74) is 5.08. The van der Waals surface area contributed by atoms with Crippen LogP contribution >= 0.6 is 0 Å². The summed E-state index contributed by atoms with van der Waals surface area (Å²) < 4.78 is 29.0. The first-order chi connectivity index (χ1) is 27.4. The van der Waals surface area contributed by atoms with E-state index < -0.39 is 35.1 Å². The number of amides is 4. The van der Waals surface area contributed by atoms with Gasteiger partial charge in [0.25, 0.3) is 11.8 Å². The zero-order valence-electron chi connectivity index (χ0n) is 32.4. The predicted molar refractivity (Wildman–Crippen MR) is 210 cm³/mol. The number of fused-ring (bicyclic) bond motifs is 3. The van der Waals surface area contributed by atoms with Gasteiger partial charge in [0.2, 0.25) is 17.7 Å². The molecule has 3 saturated heterocycles. The molecular weight excluding hydrogens is 733 g/mol. The molecule has 5 aliphatic rings. The number of anilines is 2. The number of nitrogens with zero attached hydrogens (tertiary/aromatic N) is 5. The first-order valence-corrected chi connectivity index (χ1v) is 20.3. The van der Waals surface area contributed by atoms with Crippen molar-refractivity contribution in [1.82, 2.24) is 35.7 Å². The van der Waals surface area contributed by atoms with E-state index in [2.05, 4.69) is 40.6 Å². The van der Waals surface area contributed by atoms with Crippen molar-refractivity contribution in [3.8, 4) is 11.4 Å². The topological polar surface area (TPSA) is 159 Å². The van der Waals surface area contributed by atoms with E-state index in [0.717, 1.165) is 97.6 Å². The summed E-state index contributed by atoms with van der Waals surface area (Å²) in [5, 5.41) is 13.5. The summed E-state index contributed by atoms with van der Waals surface area (Å²) >= 11 is 0. The first kappa shape index (κ1) is 37.4. The number of carbonyl (C=O) groups is 4. The maximum absolute atomic E-state index is 14.5. The number of alkyl halides is 2. The van der Waals surface area contributed by atoms with Crippen LogP contribution in [0.5, 0.6) is 0 Å². The third-order valence-electron chi connectivity index (χ3n) is 13.6. The molecule has 0 unspecified atom stereocenters. The average Bonchev–Trinajstić information content (AvgIpc) is 3.59. The molecule has 9 rings (SSSR count). The van der Waals surface area contributed by atoms with Gasteiger partial charge >= 0.3 is 0 Å². The third-order valence-corrected chi connectivity index (χ3v) is 13.6. The lowest BCUT2D eigenvalue weighted by molar-refractivity contribution is -0.134. The number of rotatable bonds is 9. The van der Waals surface area contributed by atoms with E-state index in [1.165, 1.54) is 0 Å². The third kappa shape index (κ3) is 6.97. The molecule has 4 aromatic rings. The normalized spacial score (nSPS) is 25.2. The molecule has 13 nitrogen and oxygen atoms in total. The number of piperidine rings is 3. The molecule has 4 N–H and O–H groups in total. The van der Waals surface area contributed by atoms with Gasteiger partial charge in [0.05, 0.1) is 17.6 Å². The highest BCUT2D eigenvalue weighted by atomic mass is 19.3. The molecule has 0 bridgehead atoms. The molecule has 6 heterocycles. The van der Waals surface area contributed by atoms with Crippen molar-refractivity contribution in [2.75, 3.05) is 49.6 Å². The van der Waals surface area contributed by atoms with Gasteiger partial charge < -0.3 is 25.0 Å². The van der Waals surface area contributed by atoms with Gasteiger partial charge in [-0.2, -0.15) is 5.10 Å². The van der Waals surface area contributed by atoms with Gasteiger partial charge in [-0.05, 0) is 93.8 Å². The van der Waals surface area contributed by atoms with Crippen LogP contribution in [0.1, 0.15) is 73.6 Å². The molecule has 300 valence electrons. The van der Waals surface area contributed by atoms with E-state index in [-0.39, 0.29) is 30.3 Å². The number of aromatic nitrogens is 4. The first-order valence-electron chi connectivity index (χ1n) is 20.3. The molecular formula is C42H49F2N9O4. The molecule has 2 aliphatic carbocycles. The van der Waals surface area contributed by atoms with Crippen LogP contribution in [-0.4, -0.2) is 100 Å². The quantitative estimate of drug-likeness (QED) is 0.176. The maximum atomic E-state index is 14.5. The number of hydrogen-bond donors (Lipinski definition) is 4. The van der Waals surface area contributed by atoms with Crippen molar-refractivity contribution >= 4 is 45.9 Å². The Balaban J connectivity index is 0.719. The molecule has 1 aromatic carbocycles. The van der Waals surface area contributed by atoms with Crippen LogP contribution in [0, 0.1) is 23.2 Å². The summed E-state index contributed by atoms with van der Waals surface area (Å²) in [5.74, 6) is -3.50. The molecule has 57 heavy (non-hydrogen) atoms. The lowest BCUT2D eigenvalue weighted by atomic mass is 9.87. The van der Waals surface area contributed by atoms with Crippen molar-refractivity contribution in [3.05, 3.63) is 59.5 Å². The summed E-state index contributed by atoms with van der Waals surface area (Å²) in [4.78, 5) is 63.9. The van der Waals surface area contributed by atoms with Gasteiger partial charge in [-0.1, -0.05) is 13.0 Å². The van der Waals surface area contributed by atoms with Crippen molar-refractivity contribution in [2.24, 2.45) is 23.2 Å². The van der Waals surface area contributed by atoms with Crippen molar-refractivity contribution in [3.63, 3.8) is 0 Å². The second-order valence-corrected chi connectivity index (χ2v) is 17.2. The summed E-state index contributed by atoms with van der Waals surface area (Å²) in [7, 11) is 1.83. The number of hydrogen-bond acceptors (Lipinski definition) is 8. The summed E-state index contributed by atoms with van der Waals surface area (Å²) in [6.07, 6.45) is 7.44. The maximum Gasteiger partial charge on any atom is 0.270 e. The number of likely N-dealkylation sites (tertiary alicyclic amines) is 1. The number of imide groups is 1. The van der Waals surface area contributed by atoms with Crippen molar-refractivity contribution < 1.29 is 28.0 Å². The highest BCUT2D eigenvalue weighted by molar-refractivity contribution is 6.03. The highest BCUT2D eigenvalue weighted by Crippen LogP contribution is 2.70. The van der Waals surface area contributed by atoms with Gasteiger partial charge in [0, 0.05) is 85.1 Å². The van der Waals surface area contributed by atoms with Gasteiger partial charge in [-0.3, -0.25) is 29.6 Å². The predicted octanol–water partition coefficient (Wildman–Crippen LogP) is 4.84. The van der Waals surface area contributed by atoms with Crippen LogP contribution in [0.25, 0.3) is 22.3 Å². The number of carbonyl (C=O) groups excluding carboxylic acids is 4. The van der Waals surface area contributed by atoms with Crippen molar-refractivity contribution in [2.45, 2.75) is 76.7 Å². The van der Waals surface area contributed by atoms with Gasteiger partial charge in [0.1, 0.15) is 17.4 Å². The molecule has 0 spiro atoms. The van der Waals surface area contributed by atoms with E-state index in [0.29, 0.717) is 36.8 Å². The van der Waals surface area contributed by atoms with E-state index in [1.54, 1.807) is 24.1 Å². The van der Waals surface area contributed by atoms with E-state index in [1.807, 2.05) is 37.4 Å². The Morgan fingerprint density at radius 3 is 2.51 bits per heavy atom. The zero-order chi connectivity index (χ0) is 39.6. The van der Waals surface area contributed by atoms with E-state index in [9.17, 15) is 28.0 Å². The summed E-state index contributed by atoms with van der Waals surface area (Å²) in [6.45, 7) is 6.52. The van der Waals surface area contributed by atoms with Crippen LogP contribution < -0.4 is 20.4 Å². The minimum atomic E-state index is -2.64. The van der Waals surface area contributed by atoms with Gasteiger partial charge in [-0.25, -0.2) is 13.8 Å². The monoisotopic (exact) mass is 781 g/mol. The summed E-state index contributed by atoms with van der Waals surface area (Å²) in [6, 6.07) is 10.8. The lowest BCUT2D eigenvalue weighted by Crippen LogP contribution is -2.52. The van der Waals surface area contributed by atoms with Crippen molar-refractivity contribution in [1.29, 1.82) is 0 Å². The van der Waals surface area contributed by atoms with E-state index in [4.69, 9.17) is 0 Å². The minimum absolute atomic E-state index is 0.0965. The molecule has 1 saturated carbocycles. The Morgan fingerprint density at radius 1 is 1.00 bits per heavy atom. The molecule has 0 radical (unpaired) electrons. The number of H-pyrrole nitrogens is 2. The Kier molecular flexibility index (Phi) is 9.40. The smallest absolute Gasteiger partial charge is 0.270 e. The fourth-order valence-corrected chi connectivity index (χ4v) is 9.69. The number of halogens is 2. The average molecular weight is 782 g/mol. The number of aromatic amines is 2. The molecule has 3 atom stereocenters. The zero-order valence-corrected chi connectivity index (χ0v) is 32.4. The second kappa shape index (κ2) is 14.3. The van der Waals surface area contributed by atoms with Crippen LogP contribution in [0.3, 0.4) is 0 Å². The Bertz CT molecular complexity index is 2220. The Labute approximate surface area is 329 Å². The fourth-order valence-electron chi connectivity index (χ4n) is 9.69. The standard InChI is InChI=1S/C42H49F2N9O4/c1-41-21-34-29(20-35(41)42(41,43)44)38(50-49-34)33-18-26-3-4-27(19-32(26)46-33)51(2)37(55)17-24-9-13-52(14-10-24)23-25-11-15-53(16-12-25)28-5-6-30(45-22-28)39(56)47-31-7-8-36(54)48-40(31)57/h3-6,18-19,22,24-25,31,35,46H,7-17,20-21,23H2,1-2H3,(H,47,56)(H,49,50)(H,48,54,57)/t31-,35+,41-/m1/s1. The highest BCUT2D eigenvalue weighted by Gasteiger charge is 2.78. The minimum Gasteiger partial charge on any atom is -0.370 e. The van der Waals surface area contributed by atoms with Crippen LogP contribution in [0.15, 0.2) is 42.6 Å². The lowest BCUT2D eigenvalue weighted by Gasteiger charge is -2.38. The molecule has 3 aromatic heterocycles. The van der Waals surface area contributed by atoms with Gasteiger partial charge in [-0.15, -0.1) is 0 Å². The molecule has 4 fully saturated rings. The second-order valence-electron chi connectivity index (χ2n) is 17.2. The van der Waals surface area contributed by atoms with Crippen LogP contribution in [0.4, 0.5) is 20.2 Å². The Hall–Kier alpha value is -5.18.